The fraction of sp³-hybridized carbons (Fsp3) is 0.300. The van der Waals surface area contributed by atoms with Crippen LogP contribution in [0.25, 0.3) is 0 Å². The highest BCUT2D eigenvalue weighted by atomic mass is 32.2. The number of primary amides is 1. The third-order valence-electron chi connectivity index (χ3n) is 4.01. The Morgan fingerprint density at radius 2 is 1.90 bits per heavy atom. The first-order chi connectivity index (χ1) is 13.7. The number of benzene rings is 2. The van der Waals surface area contributed by atoms with E-state index in [0.29, 0.717) is 35.7 Å². The molecule has 0 saturated heterocycles. The molecule has 2 aromatic rings. The minimum Gasteiger partial charge on any atom is -0.366 e. The van der Waals surface area contributed by atoms with E-state index in [4.69, 9.17) is 5.73 Å². The zero-order valence-corrected chi connectivity index (χ0v) is 17.2. The number of nitrogens with zero attached hydrogens (tertiary/aromatic N) is 1. The summed E-state index contributed by atoms with van der Waals surface area (Å²) < 4.78 is 36.9. The van der Waals surface area contributed by atoms with Gasteiger partial charge in [-0.05, 0) is 47.9 Å². The molecule has 29 heavy (non-hydrogen) atoms. The molecule has 0 aliphatic heterocycles. The van der Waals surface area contributed by atoms with Gasteiger partial charge < -0.3 is 16.4 Å². The van der Waals surface area contributed by atoms with Crippen molar-refractivity contribution in [3.05, 3.63) is 70.5 Å². The Morgan fingerprint density at radius 3 is 2.55 bits per heavy atom. The van der Waals surface area contributed by atoms with E-state index < -0.39 is 21.6 Å². The number of carbonyl (C=O) groups is 1. The van der Waals surface area contributed by atoms with Crippen molar-refractivity contribution in [3.8, 4) is 0 Å². The molecule has 0 unspecified atom stereocenters. The van der Waals surface area contributed by atoms with Gasteiger partial charge in [0.05, 0.1) is 12.3 Å². The zero-order valence-electron chi connectivity index (χ0n) is 16.4. The van der Waals surface area contributed by atoms with Gasteiger partial charge in [-0.15, -0.1) is 0 Å². The first-order valence-electron chi connectivity index (χ1n) is 9.04. The molecule has 156 valence electrons. The highest BCUT2D eigenvalue weighted by Gasteiger charge is 2.11. The second-order valence-corrected chi connectivity index (χ2v) is 8.74. The monoisotopic (exact) mass is 420 g/mol. The van der Waals surface area contributed by atoms with Gasteiger partial charge in [0.25, 0.3) is 0 Å². The number of rotatable bonds is 8. The van der Waals surface area contributed by atoms with E-state index >= 15 is 0 Å². The molecule has 0 saturated carbocycles. The quantitative estimate of drug-likeness (QED) is 0.445. The second-order valence-electron chi connectivity index (χ2n) is 6.60. The standard InChI is InChI=1S/C20H25FN4O3S/c1-3-23-20(24-11-14-5-4-6-15(9-14)19(22)26)25-12-17-10-18(21)8-7-16(17)13-29(2,27)28/h4-10H,3,11-13H2,1-2H3,(H2,22,26)(H2,23,24,25). The van der Waals surface area contributed by atoms with Gasteiger partial charge in [-0.3, -0.25) is 4.79 Å². The molecule has 0 fully saturated rings. The van der Waals surface area contributed by atoms with E-state index in [1.165, 1.54) is 18.2 Å². The molecule has 9 heteroatoms. The maximum Gasteiger partial charge on any atom is 0.248 e. The minimum atomic E-state index is -3.25. The topological polar surface area (TPSA) is 114 Å². The lowest BCUT2D eigenvalue weighted by Gasteiger charge is -2.14. The summed E-state index contributed by atoms with van der Waals surface area (Å²) in [6.07, 6.45) is 1.14. The van der Waals surface area contributed by atoms with E-state index in [-0.39, 0.29) is 12.3 Å². The number of aliphatic imine (C=N–C) groups is 1. The number of hydrogen-bond donors (Lipinski definition) is 3. The van der Waals surface area contributed by atoms with Gasteiger partial charge in [0.15, 0.2) is 15.8 Å². The minimum absolute atomic E-state index is 0.169. The average molecular weight is 421 g/mol. The first-order valence-corrected chi connectivity index (χ1v) is 11.1. The maximum atomic E-state index is 13.7. The number of nitrogens with one attached hydrogen (secondary N) is 2. The van der Waals surface area contributed by atoms with Gasteiger partial charge in [0.1, 0.15) is 5.82 Å². The molecule has 1 amide bonds. The normalized spacial score (nSPS) is 11.9. The van der Waals surface area contributed by atoms with Crippen LogP contribution in [0.4, 0.5) is 4.39 Å². The van der Waals surface area contributed by atoms with Crippen LogP contribution < -0.4 is 16.4 Å². The van der Waals surface area contributed by atoms with Crippen molar-refractivity contribution in [2.75, 3.05) is 12.8 Å². The van der Waals surface area contributed by atoms with Gasteiger partial charge in [-0.1, -0.05) is 18.2 Å². The number of guanidine groups is 1. The highest BCUT2D eigenvalue weighted by molar-refractivity contribution is 7.89. The van der Waals surface area contributed by atoms with Gasteiger partial charge in [-0.2, -0.15) is 0 Å². The first kappa shape index (κ1) is 22.4. The van der Waals surface area contributed by atoms with E-state index in [9.17, 15) is 17.6 Å². The molecule has 2 aromatic carbocycles. The van der Waals surface area contributed by atoms with Crippen molar-refractivity contribution in [1.82, 2.24) is 10.6 Å². The Hall–Kier alpha value is -2.94. The van der Waals surface area contributed by atoms with Crippen molar-refractivity contribution < 1.29 is 17.6 Å². The van der Waals surface area contributed by atoms with Crippen LogP contribution in [0, 0.1) is 5.82 Å². The molecular formula is C20H25FN4O3S. The van der Waals surface area contributed by atoms with Gasteiger partial charge in [-0.25, -0.2) is 17.8 Å². The lowest BCUT2D eigenvalue weighted by Crippen LogP contribution is -2.37. The zero-order chi connectivity index (χ0) is 21.4. The SMILES string of the molecule is CCNC(=NCc1cccc(C(N)=O)c1)NCc1cc(F)ccc1CS(C)(=O)=O. The lowest BCUT2D eigenvalue weighted by atomic mass is 10.1. The van der Waals surface area contributed by atoms with E-state index in [1.807, 2.05) is 13.0 Å². The number of amides is 1. The summed E-state index contributed by atoms with van der Waals surface area (Å²) in [6, 6.07) is 10.9. The number of carbonyl (C=O) groups excluding carboxylic acids is 1. The largest absolute Gasteiger partial charge is 0.366 e. The van der Waals surface area contributed by atoms with Gasteiger partial charge in [0.2, 0.25) is 5.91 Å². The molecule has 0 radical (unpaired) electrons. The highest BCUT2D eigenvalue weighted by Crippen LogP contribution is 2.14. The van der Waals surface area contributed by atoms with E-state index in [2.05, 4.69) is 15.6 Å². The number of halogens is 1. The fourth-order valence-electron chi connectivity index (χ4n) is 2.70. The number of nitrogens with two attached hydrogens (primary N) is 1. The van der Waals surface area contributed by atoms with E-state index in [1.54, 1.807) is 18.2 Å². The maximum absolute atomic E-state index is 13.7. The molecule has 0 aromatic heterocycles. The predicted molar refractivity (Wildman–Crippen MR) is 112 cm³/mol. The number of sulfone groups is 1. The molecule has 2 rings (SSSR count). The Morgan fingerprint density at radius 1 is 1.14 bits per heavy atom. The molecule has 0 bridgehead atoms. The van der Waals surface area contributed by atoms with Crippen molar-refractivity contribution in [2.45, 2.75) is 25.8 Å². The van der Waals surface area contributed by atoms with Crippen molar-refractivity contribution in [1.29, 1.82) is 0 Å². The molecule has 0 spiro atoms. The Labute approximate surface area is 170 Å². The summed E-state index contributed by atoms with van der Waals surface area (Å²) in [4.78, 5) is 15.8. The Bertz CT molecular complexity index is 1010. The van der Waals surface area contributed by atoms with Crippen LogP contribution in [-0.2, 0) is 28.7 Å². The lowest BCUT2D eigenvalue weighted by molar-refractivity contribution is 0.1000. The molecule has 0 aliphatic rings. The second kappa shape index (κ2) is 10.0. The summed E-state index contributed by atoms with van der Waals surface area (Å²) in [7, 11) is -3.25. The molecule has 0 heterocycles. The third kappa shape index (κ3) is 7.53. The number of hydrogen-bond acceptors (Lipinski definition) is 4. The Kier molecular flexibility index (Phi) is 7.72. The van der Waals surface area contributed by atoms with Crippen molar-refractivity contribution in [3.63, 3.8) is 0 Å². The van der Waals surface area contributed by atoms with Crippen LogP contribution in [-0.4, -0.2) is 33.1 Å². The van der Waals surface area contributed by atoms with Crippen LogP contribution in [0.3, 0.4) is 0 Å². The van der Waals surface area contributed by atoms with Crippen LogP contribution >= 0.6 is 0 Å². The molecule has 4 N–H and O–H groups in total. The Balaban J connectivity index is 2.15. The molecule has 7 nitrogen and oxygen atoms in total. The summed E-state index contributed by atoms with van der Waals surface area (Å²) in [5, 5.41) is 6.16. The third-order valence-corrected chi connectivity index (χ3v) is 4.84. The average Bonchev–Trinajstić information content (AvgIpc) is 2.65. The van der Waals surface area contributed by atoms with Crippen LogP contribution in [0.1, 0.15) is 34.0 Å². The van der Waals surface area contributed by atoms with Gasteiger partial charge >= 0.3 is 0 Å². The van der Waals surface area contributed by atoms with E-state index in [0.717, 1.165) is 11.8 Å². The van der Waals surface area contributed by atoms with Gasteiger partial charge in [0, 0.05) is 24.9 Å². The summed E-state index contributed by atoms with van der Waals surface area (Å²) >= 11 is 0. The fourth-order valence-corrected chi connectivity index (χ4v) is 3.54. The van der Waals surface area contributed by atoms with Crippen molar-refractivity contribution >= 4 is 21.7 Å². The van der Waals surface area contributed by atoms with Crippen molar-refractivity contribution in [2.24, 2.45) is 10.7 Å². The summed E-state index contributed by atoms with van der Waals surface area (Å²) in [6.45, 7) is 3.01. The predicted octanol–water partition coefficient (Wildman–Crippen LogP) is 1.72. The molecule has 0 aliphatic carbocycles. The summed E-state index contributed by atoms with van der Waals surface area (Å²) in [5.41, 5.74) is 7.58. The molecular weight excluding hydrogens is 395 g/mol. The summed E-state index contributed by atoms with van der Waals surface area (Å²) in [5.74, 6) is -0.640. The van der Waals surface area contributed by atoms with Crippen LogP contribution in [0.5, 0.6) is 0 Å². The van der Waals surface area contributed by atoms with Crippen LogP contribution in [0.2, 0.25) is 0 Å². The smallest absolute Gasteiger partial charge is 0.248 e. The molecule has 0 atom stereocenters. The van der Waals surface area contributed by atoms with Crippen LogP contribution in [0.15, 0.2) is 47.5 Å².